The van der Waals surface area contributed by atoms with Gasteiger partial charge in [-0.15, -0.1) is 0 Å². The SMILES string of the molecule is [B]C1(O)Oc2ccc(C(=O)C([B])(C)N(C)C)cc2O1. The zero-order valence-electron chi connectivity index (χ0n) is 11.0. The highest BCUT2D eigenvalue weighted by atomic mass is 16.8. The number of hydrogen-bond acceptors (Lipinski definition) is 5. The number of carbonyl (C=O) groups excluding carboxylic acids is 1. The lowest BCUT2D eigenvalue weighted by atomic mass is 9.73. The maximum Gasteiger partial charge on any atom is 0.302 e. The van der Waals surface area contributed by atoms with Gasteiger partial charge in [0.15, 0.2) is 17.3 Å². The van der Waals surface area contributed by atoms with Crippen LogP contribution in [0, 0.1) is 0 Å². The van der Waals surface area contributed by atoms with Crippen LogP contribution in [0.5, 0.6) is 11.5 Å². The molecule has 1 aromatic carbocycles. The Morgan fingerprint density at radius 1 is 1.37 bits per heavy atom. The molecular weight excluding hydrogens is 244 g/mol. The van der Waals surface area contributed by atoms with E-state index in [9.17, 15) is 9.90 Å². The summed E-state index contributed by atoms with van der Waals surface area (Å²) in [7, 11) is 14.7. The molecule has 0 fully saturated rings. The highest BCUT2D eigenvalue weighted by Gasteiger charge is 2.35. The van der Waals surface area contributed by atoms with Crippen molar-refractivity contribution >= 4 is 21.5 Å². The molecule has 0 saturated heterocycles. The average Bonchev–Trinajstić information content (AvgIpc) is 2.60. The first-order chi connectivity index (χ1) is 8.63. The van der Waals surface area contributed by atoms with Gasteiger partial charge in [0, 0.05) is 11.0 Å². The fourth-order valence-corrected chi connectivity index (χ4v) is 1.64. The first-order valence-electron chi connectivity index (χ1n) is 5.68. The topological polar surface area (TPSA) is 59.0 Å². The smallest absolute Gasteiger partial charge is 0.302 e. The summed E-state index contributed by atoms with van der Waals surface area (Å²) in [6.07, 6.45) is 0. The first-order valence-corrected chi connectivity index (χ1v) is 5.68. The van der Waals surface area contributed by atoms with Crippen LogP contribution in [0.1, 0.15) is 17.3 Å². The van der Waals surface area contributed by atoms with Gasteiger partial charge in [-0.25, -0.2) is 0 Å². The van der Waals surface area contributed by atoms with Gasteiger partial charge < -0.3 is 19.5 Å². The van der Waals surface area contributed by atoms with Gasteiger partial charge in [-0.2, -0.15) is 0 Å². The maximum atomic E-state index is 12.3. The van der Waals surface area contributed by atoms with Gasteiger partial charge in [0.1, 0.15) is 7.85 Å². The first kappa shape index (κ1) is 14.0. The number of benzene rings is 1. The molecule has 1 aliphatic rings. The monoisotopic (exact) mass is 257 g/mol. The highest BCUT2D eigenvalue weighted by Crippen LogP contribution is 2.38. The minimum Gasteiger partial charge on any atom is -0.435 e. The Kier molecular flexibility index (Phi) is 3.15. The van der Waals surface area contributed by atoms with E-state index in [1.807, 2.05) is 0 Å². The molecule has 0 amide bonds. The quantitative estimate of drug-likeness (QED) is 0.603. The van der Waals surface area contributed by atoms with Crippen LogP contribution in [0.2, 0.25) is 0 Å². The summed E-state index contributed by atoms with van der Waals surface area (Å²) < 4.78 is 9.88. The van der Waals surface area contributed by atoms with Crippen molar-refractivity contribution in [3.05, 3.63) is 23.8 Å². The summed E-state index contributed by atoms with van der Waals surface area (Å²) >= 11 is 0. The lowest BCUT2D eigenvalue weighted by Gasteiger charge is -2.31. The van der Waals surface area contributed by atoms with Crippen molar-refractivity contribution in [3.8, 4) is 11.5 Å². The van der Waals surface area contributed by atoms with Crippen LogP contribution in [0.15, 0.2) is 18.2 Å². The second-order valence-electron chi connectivity index (χ2n) is 4.87. The third-order valence-electron chi connectivity index (χ3n) is 3.11. The lowest BCUT2D eigenvalue weighted by molar-refractivity contribution is -0.178. The highest BCUT2D eigenvalue weighted by molar-refractivity contribution is 6.32. The van der Waals surface area contributed by atoms with Crippen molar-refractivity contribution in [1.82, 2.24) is 4.90 Å². The zero-order valence-corrected chi connectivity index (χ0v) is 11.0. The van der Waals surface area contributed by atoms with E-state index < -0.39 is 11.3 Å². The van der Waals surface area contributed by atoms with E-state index in [-0.39, 0.29) is 17.3 Å². The molecule has 5 nitrogen and oxygen atoms in total. The Labute approximate surface area is 114 Å². The lowest BCUT2D eigenvalue weighted by Crippen LogP contribution is -2.49. The molecular formula is C12H13B2NO4. The zero-order chi connectivity index (χ0) is 14.4. The van der Waals surface area contributed by atoms with Gasteiger partial charge in [-0.05, 0) is 39.2 Å². The van der Waals surface area contributed by atoms with Crippen molar-refractivity contribution in [1.29, 1.82) is 0 Å². The van der Waals surface area contributed by atoms with E-state index in [1.165, 1.54) is 12.1 Å². The molecule has 7 heteroatoms. The van der Waals surface area contributed by atoms with Crippen molar-refractivity contribution in [2.75, 3.05) is 14.1 Å². The number of ketones is 1. The van der Waals surface area contributed by atoms with E-state index in [4.69, 9.17) is 25.2 Å². The molecule has 1 aliphatic heterocycles. The Balaban J connectivity index is 2.33. The summed E-state index contributed by atoms with van der Waals surface area (Å²) in [5.41, 5.74) is -0.800. The predicted molar refractivity (Wildman–Crippen MR) is 70.6 cm³/mol. The number of nitrogens with zero attached hydrogens (tertiary/aromatic N) is 1. The van der Waals surface area contributed by atoms with Crippen LogP contribution < -0.4 is 9.47 Å². The van der Waals surface area contributed by atoms with E-state index in [1.54, 1.807) is 32.0 Å². The Morgan fingerprint density at radius 3 is 2.53 bits per heavy atom. The summed E-state index contributed by atoms with van der Waals surface area (Å²) in [6, 6.07) is 4.48. The number of rotatable bonds is 3. The van der Waals surface area contributed by atoms with Gasteiger partial charge in [0.2, 0.25) is 7.85 Å². The molecule has 1 aromatic rings. The largest absolute Gasteiger partial charge is 0.435 e. The van der Waals surface area contributed by atoms with Gasteiger partial charge in [0.05, 0.1) is 0 Å². The number of carbonyl (C=O) groups is 1. The summed E-state index contributed by atoms with van der Waals surface area (Å²) in [5, 5.41) is 9.41. The van der Waals surface area contributed by atoms with Crippen LogP contribution in [-0.2, 0) is 0 Å². The third-order valence-corrected chi connectivity index (χ3v) is 3.11. The Hall–Kier alpha value is -1.46. The van der Waals surface area contributed by atoms with Gasteiger partial charge in [-0.3, -0.25) is 4.79 Å². The Morgan fingerprint density at radius 2 is 1.95 bits per heavy atom. The fraction of sp³-hybridized carbons (Fsp3) is 0.417. The van der Waals surface area contributed by atoms with Crippen LogP contribution in [0.3, 0.4) is 0 Å². The standard InChI is InChI=1S/C12H13B2NO4/c1-11(13,15(2)3)10(16)7-4-5-8-9(6-7)19-12(14,17)18-8/h4-6,17H,1-3H3. The minimum atomic E-state index is -2.20. The number of hydrogen-bond donors (Lipinski definition) is 1. The van der Waals surface area contributed by atoms with E-state index in [2.05, 4.69) is 0 Å². The van der Waals surface area contributed by atoms with Crippen molar-refractivity contribution in [3.63, 3.8) is 0 Å². The van der Waals surface area contributed by atoms with Crippen LogP contribution >= 0.6 is 0 Å². The van der Waals surface area contributed by atoms with Crippen LogP contribution in [0.25, 0.3) is 0 Å². The number of fused-ring (bicyclic) bond motifs is 1. The van der Waals surface area contributed by atoms with E-state index in [0.29, 0.717) is 5.56 Å². The van der Waals surface area contributed by atoms with Crippen LogP contribution in [-0.4, -0.2) is 56.9 Å². The molecule has 96 valence electrons. The van der Waals surface area contributed by atoms with Gasteiger partial charge in [-0.1, -0.05) is 0 Å². The molecule has 2 atom stereocenters. The molecule has 0 aromatic heterocycles. The second-order valence-corrected chi connectivity index (χ2v) is 4.87. The molecule has 0 bridgehead atoms. The number of Topliss-reactive ketones (excluding diaryl/α,β-unsaturated/α-hetero) is 1. The molecule has 0 spiro atoms. The number of ether oxygens (including phenoxy) is 2. The normalized spacial score (nSPS) is 24.3. The maximum absolute atomic E-state index is 12.3. The average molecular weight is 257 g/mol. The molecule has 0 saturated carbocycles. The molecule has 4 radical (unpaired) electrons. The van der Waals surface area contributed by atoms with E-state index >= 15 is 0 Å². The van der Waals surface area contributed by atoms with E-state index in [0.717, 1.165) is 0 Å². The summed E-state index contributed by atoms with van der Waals surface area (Å²) in [5.74, 6) is -2.01. The summed E-state index contributed by atoms with van der Waals surface area (Å²) in [6.45, 7) is 1.61. The van der Waals surface area contributed by atoms with Gasteiger partial charge >= 0.3 is 5.87 Å². The van der Waals surface area contributed by atoms with Crippen molar-refractivity contribution < 1.29 is 19.4 Å². The van der Waals surface area contributed by atoms with Crippen molar-refractivity contribution in [2.24, 2.45) is 0 Å². The molecule has 19 heavy (non-hydrogen) atoms. The molecule has 0 aliphatic carbocycles. The van der Waals surface area contributed by atoms with Gasteiger partial charge in [0.25, 0.3) is 0 Å². The fourth-order valence-electron chi connectivity index (χ4n) is 1.64. The molecule has 2 rings (SSSR count). The molecule has 2 unspecified atom stereocenters. The van der Waals surface area contributed by atoms with Crippen LogP contribution in [0.4, 0.5) is 0 Å². The minimum absolute atomic E-state index is 0.199. The second kappa shape index (κ2) is 4.28. The molecule has 1 N–H and O–H groups in total. The number of aliphatic hydroxyl groups is 1. The third kappa shape index (κ3) is 2.48. The predicted octanol–water partition coefficient (Wildman–Crippen LogP) is -0.141. The Bertz CT molecular complexity index is 528. The number of likely N-dealkylation sites (N-methyl/N-ethyl adjacent to an activating group) is 1. The van der Waals surface area contributed by atoms with Crippen molar-refractivity contribution in [2.45, 2.75) is 18.2 Å². The summed E-state index contributed by atoms with van der Waals surface area (Å²) in [4.78, 5) is 13.9. The molecule has 1 heterocycles.